The van der Waals surface area contributed by atoms with E-state index in [0.29, 0.717) is 11.8 Å². The number of nitrogens with zero attached hydrogens (tertiary/aromatic N) is 2. The van der Waals surface area contributed by atoms with Gasteiger partial charge in [0.05, 0.1) is 11.4 Å². The van der Waals surface area contributed by atoms with Crippen LogP contribution in [0.1, 0.15) is 45.2 Å². The van der Waals surface area contributed by atoms with Crippen molar-refractivity contribution in [1.29, 1.82) is 0 Å². The number of fused-ring (bicyclic) bond motifs is 6. The van der Waals surface area contributed by atoms with Gasteiger partial charge in [0.1, 0.15) is 0 Å². The SMILES string of the molecule is Cc1ccc(-c2ccc3c(c2)[C-]=C2C=CC=CC23)nc1.Cc1ccc(-c2ccc3c(c2)[C-]=C2C=CC=CC23)nc1.[Cl-].[Cl-].[Zr+4]. The normalized spacial score (nSPS) is 17.3. The molecule has 4 aliphatic carbocycles. The molecule has 0 spiro atoms. The average Bonchev–Trinajstić information content (AvgIpc) is 3.55. The zero-order valence-electron chi connectivity index (χ0n) is 23.9. The van der Waals surface area contributed by atoms with E-state index in [1.54, 1.807) is 0 Å². The monoisotopic (exact) mass is 672 g/mol. The summed E-state index contributed by atoms with van der Waals surface area (Å²) in [4.78, 5) is 9.00. The van der Waals surface area contributed by atoms with Crippen LogP contribution in [0.15, 0.2) is 133 Å². The van der Waals surface area contributed by atoms with Gasteiger partial charge in [0.2, 0.25) is 0 Å². The van der Waals surface area contributed by atoms with E-state index in [9.17, 15) is 0 Å². The minimum absolute atomic E-state index is 0. The average molecular weight is 675 g/mol. The van der Waals surface area contributed by atoms with Crippen molar-refractivity contribution >= 4 is 0 Å². The number of halogens is 2. The maximum absolute atomic E-state index is 4.50. The third-order valence-corrected chi connectivity index (χ3v) is 7.80. The van der Waals surface area contributed by atoms with E-state index in [2.05, 4.69) is 145 Å². The van der Waals surface area contributed by atoms with Gasteiger partial charge in [0.15, 0.2) is 0 Å². The van der Waals surface area contributed by atoms with E-state index >= 15 is 0 Å². The van der Waals surface area contributed by atoms with Crippen molar-refractivity contribution in [3.05, 3.63) is 178 Å². The van der Waals surface area contributed by atoms with Crippen molar-refractivity contribution in [3.63, 3.8) is 0 Å². The number of pyridine rings is 2. The smallest absolute Gasteiger partial charge is 1.00 e. The summed E-state index contributed by atoms with van der Waals surface area (Å²) in [5, 5.41) is 0. The molecule has 43 heavy (non-hydrogen) atoms. The van der Waals surface area contributed by atoms with Crippen LogP contribution in [0.5, 0.6) is 0 Å². The van der Waals surface area contributed by atoms with Crippen LogP contribution in [0.4, 0.5) is 0 Å². The van der Waals surface area contributed by atoms with Crippen LogP contribution in [-0.4, -0.2) is 9.97 Å². The first-order valence-corrected chi connectivity index (χ1v) is 13.7. The van der Waals surface area contributed by atoms with Crippen LogP contribution in [0.2, 0.25) is 0 Å². The van der Waals surface area contributed by atoms with Crippen LogP contribution < -0.4 is 24.8 Å². The van der Waals surface area contributed by atoms with E-state index in [1.807, 2.05) is 12.4 Å². The number of aromatic nitrogens is 2. The molecular weight excluding hydrogens is 647 g/mol. The van der Waals surface area contributed by atoms with Gasteiger partial charge in [-0.1, -0.05) is 60.7 Å². The third kappa shape index (κ3) is 6.60. The van der Waals surface area contributed by atoms with Crippen LogP contribution in [0.3, 0.4) is 0 Å². The van der Waals surface area contributed by atoms with Gasteiger partial charge >= 0.3 is 26.2 Å². The Balaban J connectivity index is 0.000000184. The number of rotatable bonds is 2. The second-order valence-electron chi connectivity index (χ2n) is 10.6. The molecule has 0 N–H and O–H groups in total. The van der Waals surface area contributed by atoms with Gasteiger partial charge in [-0.2, -0.15) is 0 Å². The first-order chi connectivity index (χ1) is 19.6. The molecule has 4 aliphatic rings. The van der Waals surface area contributed by atoms with E-state index in [4.69, 9.17) is 0 Å². The second kappa shape index (κ2) is 14.0. The molecule has 2 aromatic heterocycles. The molecule has 2 atom stereocenters. The van der Waals surface area contributed by atoms with Gasteiger partial charge < -0.3 is 24.8 Å². The topological polar surface area (TPSA) is 25.8 Å². The molecule has 0 saturated heterocycles. The Bertz CT molecular complexity index is 1680. The van der Waals surface area contributed by atoms with E-state index < -0.39 is 0 Å². The maximum Gasteiger partial charge on any atom is 4.00 e. The van der Waals surface area contributed by atoms with Crippen LogP contribution in [0, 0.1) is 26.0 Å². The first kappa shape index (κ1) is 32.6. The Morgan fingerprint density at radius 1 is 0.558 bits per heavy atom. The summed E-state index contributed by atoms with van der Waals surface area (Å²) < 4.78 is 0. The van der Waals surface area contributed by atoms with E-state index in [1.165, 1.54) is 44.5 Å². The summed E-state index contributed by atoms with van der Waals surface area (Å²) in [7, 11) is 0. The Hall–Kier alpha value is -3.36. The molecule has 0 radical (unpaired) electrons. The molecule has 0 saturated carbocycles. The Morgan fingerprint density at radius 2 is 1.00 bits per heavy atom. The van der Waals surface area contributed by atoms with Gasteiger partial charge in [-0.25, -0.2) is 0 Å². The predicted octanol–water partition coefficient (Wildman–Crippen LogP) is 2.72. The minimum Gasteiger partial charge on any atom is -1.00 e. The molecule has 0 amide bonds. The van der Waals surface area contributed by atoms with E-state index in [0.717, 1.165) is 22.5 Å². The molecule has 2 unspecified atom stereocenters. The van der Waals surface area contributed by atoms with Gasteiger partial charge in [0, 0.05) is 12.4 Å². The summed E-state index contributed by atoms with van der Waals surface area (Å²) in [6, 6.07) is 21.5. The number of aryl methyl sites for hydroxylation is 2. The largest absolute Gasteiger partial charge is 4.00 e. The van der Waals surface area contributed by atoms with Crippen molar-refractivity contribution in [3.8, 4) is 22.5 Å². The first-order valence-electron chi connectivity index (χ1n) is 13.7. The van der Waals surface area contributed by atoms with Crippen LogP contribution in [-0.2, 0) is 26.2 Å². The Labute approximate surface area is 285 Å². The molecule has 0 aliphatic heterocycles. The van der Waals surface area contributed by atoms with Crippen LogP contribution in [0.25, 0.3) is 22.5 Å². The summed E-state index contributed by atoms with van der Waals surface area (Å²) in [5.41, 5.74) is 14.3. The second-order valence-corrected chi connectivity index (χ2v) is 10.6. The summed E-state index contributed by atoms with van der Waals surface area (Å²) in [6.45, 7) is 4.11. The number of hydrogen-bond acceptors (Lipinski definition) is 2. The van der Waals surface area contributed by atoms with Crippen molar-refractivity contribution in [2.75, 3.05) is 0 Å². The molecule has 0 fully saturated rings. The van der Waals surface area contributed by atoms with E-state index in [-0.39, 0.29) is 51.0 Å². The third-order valence-electron chi connectivity index (χ3n) is 7.80. The maximum atomic E-state index is 4.50. The number of benzene rings is 2. The molecule has 2 heterocycles. The molecule has 208 valence electrons. The molecule has 2 aromatic carbocycles. The standard InChI is InChI=1S/2C19H14N.2ClH.Zr/c2*1-13-6-9-19(20-12-13)15-7-8-18-16(11-15)10-14-4-2-3-5-17(14)18;;;/h2*2-9,11-12,17H,1H3;2*1H;/q2*-1;;;+4/p-2. The molecule has 5 heteroatoms. The van der Waals surface area contributed by atoms with Gasteiger partial charge in [0.25, 0.3) is 0 Å². The van der Waals surface area contributed by atoms with Crippen molar-refractivity contribution in [1.82, 2.24) is 9.97 Å². The molecule has 0 bridgehead atoms. The Kier molecular flexibility index (Phi) is 10.6. The molecule has 2 nitrogen and oxygen atoms in total. The number of allylic oxidation sites excluding steroid dienone is 10. The van der Waals surface area contributed by atoms with Crippen molar-refractivity contribution in [2.45, 2.75) is 25.7 Å². The summed E-state index contributed by atoms with van der Waals surface area (Å²) >= 11 is 0. The Morgan fingerprint density at radius 3 is 1.40 bits per heavy atom. The molecule has 8 rings (SSSR count). The van der Waals surface area contributed by atoms with Crippen LogP contribution >= 0.6 is 0 Å². The molecule has 4 aromatic rings. The van der Waals surface area contributed by atoms with Gasteiger partial charge in [-0.15, -0.1) is 82.0 Å². The zero-order chi connectivity index (χ0) is 27.1. The summed E-state index contributed by atoms with van der Waals surface area (Å²) in [5.74, 6) is 0.769. The molecular formula is C38H28Cl2N2Zr. The van der Waals surface area contributed by atoms with Crippen molar-refractivity contribution in [2.24, 2.45) is 0 Å². The fraction of sp³-hybridized carbons (Fsp3) is 0.105. The van der Waals surface area contributed by atoms with Gasteiger partial charge in [-0.3, -0.25) is 9.97 Å². The minimum atomic E-state index is 0. The quantitative estimate of drug-likeness (QED) is 0.306. The zero-order valence-corrected chi connectivity index (χ0v) is 27.8. The fourth-order valence-corrected chi connectivity index (χ4v) is 5.64. The number of hydrogen-bond donors (Lipinski definition) is 0. The summed E-state index contributed by atoms with van der Waals surface area (Å²) in [6.07, 6.45) is 28.0. The van der Waals surface area contributed by atoms with Crippen molar-refractivity contribution < 1.29 is 51.0 Å². The van der Waals surface area contributed by atoms with Gasteiger partial charge in [-0.05, 0) is 60.1 Å². The predicted molar refractivity (Wildman–Crippen MR) is 163 cm³/mol. The fourth-order valence-electron chi connectivity index (χ4n) is 5.64.